The molecule has 0 saturated carbocycles. The molecule has 0 aliphatic carbocycles. The van der Waals surface area contributed by atoms with Gasteiger partial charge in [-0.25, -0.2) is 4.79 Å². The van der Waals surface area contributed by atoms with Gasteiger partial charge in [0, 0.05) is 12.0 Å². The Morgan fingerprint density at radius 1 is 0.967 bits per heavy atom. The van der Waals surface area contributed by atoms with Gasteiger partial charge < -0.3 is 19.5 Å². The third kappa shape index (κ3) is 7.10. The van der Waals surface area contributed by atoms with E-state index in [1.807, 2.05) is 31.2 Å². The van der Waals surface area contributed by atoms with Crippen molar-refractivity contribution >= 4 is 19.5 Å². The fourth-order valence-corrected chi connectivity index (χ4v) is 4.61. The van der Waals surface area contributed by atoms with Crippen molar-refractivity contribution in [3.63, 3.8) is 0 Å². The van der Waals surface area contributed by atoms with Crippen molar-refractivity contribution in [1.82, 2.24) is 5.32 Å². The van der Waals surface area contributed by atoms with Crippen LogP contribution in [0.2, 0.25) is 0 Å². The molecule has 0 aliphatic heterocycles. The zero-order valence-electron chi connectivity index (χ0n) is 17.5. The number of hydrogen-bond donors (Lipinski definition) is 2. The molecule has 162 valence electrons. The van der Waals surface area contributed by atoms with Crippen molar-refractivity contribution in [3.05, 3.63) is 70.8 Å². The van der Waals surface area contributed by atoms with Gasteiger partial charge in [0.05, 0.1) is 19.4 Å². The fourth-order valence-electron chi connectivity index (χ4n) is 2.91. The summed E-state index contributed by atoms with van der Waals surface area (Å²) in [4.78, 5) is 24.1. The molecule has 2 aromatic rings. The molecule has 0 unspecified atom stereocenters. The normalized spacial score (nSPS) is 12.4. The lowest BCUT2D eigenvalue weighted by atomic mass is 10.0. The third-order valence-electron chi connectivity index (χ3n) is 4.41. The molecule has 7 nitrogen and oxygen atoms in total. The van der Waals surface area contributed by atoms with Gasteiger partial charge in [-0.1, -0.05) is 42.0 Å². The summed E-state index contributed by atoms with van der Waals surface area (Å²) in [5.74, 6) is -1.59. The first kappa shape index (κ1) is 23.8. The van der Waals surface area contributed by atoms with E-state index in [1.165, 1.54) is 0 Å². The summed E-state index contributed by atoms with van der Waals surface area (Å²) < 4.78 is 23.2. The number of benzene rings is 2. The quantitative estimate of drug-likeness (QED) is 0.516. The van der Waals surface area contributed by atoms with Crippen molar-refractivity contribution in [1.29, 1.82) is 0 Å². The average Bonchev–Trinajstić information content (AvgIpc) is 2.69. The zero-order valence-corrected chi connectivity index (χ0v) is 18.4. The SMILES string of the molecule is CCOP(=O)(Cc1ccc(C(=O)N[C@H](Cc2ccc(C)cc2)C(=O)O)cc1)OCC. The van der Waals surface area contributed by atoms with Crippen LogP contribution in [0.3, 0.4) is 0 Å². The molecule has 0 saturated heterocycles. The highest BCUT2D eigenvalue weighted by molar-refractivity contribution is 7.53. The number of carboxylic acid groups (broad SMARTS) is 1. The van der Waals surface area contributed by atoms with E-state index >= 15 is 0 Å². The Bertz CT molecular complexity index is 885. The molecule has 0 spiro atoms. The van der Waals surface area contributed by atoms with Crippen molar-refractivity contribution in [2.45, 2.75) is 39.4 Å². The van der Waals surface area contributed by atoms with Gasteiger partial charge in [-0.2, -0.15) is 0 Å². The topological polar surface area (TPSA) is 102 Å². The van der Waals surface area contributed by atoms with E-state index in [0.717, 1.165) is 11.1 Å². The van der Waals surface area contributed by atoms with Crippen LogP contribution in [0.25, 0.3) is 0 Å². The number of rotatable bonds is 11. The Morgan fingerprint density at radius 2 is 1.50 bits per heavy atom. The minimum absolute atomic E-state index is 0.0990. The maximum Gasteiger partial charge on any atom is 0.335 e. The van der Waals surface area contributed by atoms with Gasteiger partial charge in [0.1, 0.15) is 6.04 Å². The van der Waals surface area contributed by atoms with Crippen molar-refractivity contribution in [3.8, 4) is 0 Å². The zero-order chi connectivity index (χ0) is 22.1. The monoisotopic (exact) mass is 433 g/mol. The molecule has 30 heavy (non-hydrogen) atoms. The summed E-state index contributed by atoms with van der Waals surface area (Å²) in [5.41, 5.74) is 2.92. The standard InChI is InChI=1S/C22H28NO6P/c1-4-28-30(27,29-5-2)15-18-10-12-19(13-11-18)21(24)23-20(22(25)26)14-17-8-6-16(3)7-9-17/h6-13,20H,4-5,14-15H2,1-3H3,(H,23,24)(H,25,26)/t20-/m1/s1. The number of aliphatic carboxylic acids is 1. The van der Waals surface area contributed by atoms with E-state index in [1.54, 1.807) is 38.1 Å². The molecule has 0 fully saturated rings. The van der Waals surface area contributed by atoms with Gasteiger partial charge >= 0.3 is 13.6 Å². The van der Waals surface area contributed by atoms with Gasteiger partial charge in [0.15, 0.2) is 0 Å². The van der Waals surface area contributed by atoms with Gasteiger partial charge in [0.2, 0.25) is 0 Å². The Kier molecular flexibility index (Phi) is 8.78. The summed E-state index contributed by atoms with van der Waals surface area (Å²) in [6.45, 7) is 5.99. The van der Waals surface area contributed by atoms with Crippen LogP contribution in [0.1, 0.15) is 40.9 Å². The molecule has 1 amide bonds. The molecule has 0 aliphatic rings. The molecule has 2 N–H and O–H groups in total. The number of carbonyl (C=O) groups is 2. The maximum atomic E-state index is 12.6. The van der Waals surface area contributed by atoms with E-state index in [-0.39, 0.29) is 25.8 Å². The minimum atomic E-state index is -3.24. The Labute approximate surface area is 176 Å². The van der Waals surface area contributed by atoms with Crippen LogP contribution in [0.5, 0.6) is 0 Å². The van der Waals surface area contributed by atoms with Crippen LogP contribution >= 0.6 is 7.60 Å². The Morgan fingerprint density at radius 3 is 2.00 bits per heavy atom. The van der Waals surface area contributed by atoms with E-state index in [2.05, 4.69) is 5.32 Å². The molecule has 0 aromatic heterocycles. The predicted octanol–water partition coefficient (Wildman–Crippen LogP) is 4.19. The lowest BCUT2D eigenvalue weighted by Crippen LogP contribution is -2.42. The molecule has 2 aromatic carbocycles. The highest BCUT2D eigenvalue weighted by atomic mass is 31.2. The molecular weight excluding hydrogens is 405 g/mol. The van der Waals surface area contributed by atoms with Crippen LogP contribution in [0, 0.1) is 6.92 Å². The van der Waals surface area contributed by atoms with Crippen LogP contribution in [0.15, 0.2) is 48.5 Å². The molecular formula is C22H28NO6P. The first-order chi connectivity index (χ1) is 14.3. The number of hydrogen-bond acceptors (Lipinski definition) is 5. The van der Waals surface area contributed by atoms with Crippen LogP contribution in [-0.2, 0) is 31.0 Å². The molecule has 1 atom stereocenters. The largest absolute Gasteiger partial charge is 0.480 e. The second-order valence-electron chi connectivity index (χ2n) is 6.86. The minimum Gasteiger partial charge on any atom is -0.480 e. The van der Waals surface area contributed by atoms with Gasteiger partial charge in [-0.3, -0.25) is 9.36 Å². The third-order valence-corrected chi connectivity index (χ3v) is 6.46. The van der Waals surface area contributed by atoms with Gasteiger partial charge in [0.25, 0.3) is 5.91 Å². The highest BCUT2D eigenvalue weighted by Crippen LogP contribution is 2.51. The van der Waals surface area contributed by atoms with Crippen molar-refractivity contribution < 1.29 is 28.3 Å². The van der Waals surface area contributed by atoms with Crippen molar-refractivity contribution in [2.24, 2.45) is 0 Å². The lowest BCUT2D eigenvalue weighted by molar-refractivity contribution is -0.139. The van der Waals surface area contributed by atoms with E-state index in [0.29, 0.717) is 11.1 Å². The fraction of sp³-hybridized carbons (Fsp3) is 0.364. The predicted molar refractivity (Wildman–Crippen MR) is 115 cm³/mol. The van der Waals surface area contributed by atoms with E-state index in [4.69, 9.17) is 9.05 Å². The molecule has 0 bridgehead atoms. The Balaban J connectivity index is 2.05. The first-order valence-electron chi connectivity index (χ1n) is 9.82. The smallest absolute Gasteiger partial charge is 0.335 e. The van der Waals surface area contributed by atoms with Crippen LogP contribution < -0.4 is 5.32 Å². The lowest BCUT2D eigenvalue weighted by Gasteiger charge is -2.17. The number of carboxylic acids is 1. The van der Waals surface area contributed by atoms with E-state index < -0.39 is 25.5 Å². The van der Waals surface area contributed by atoms with Gasteiger partial charge in [-0.15, -0.1) is 0 Å². The number of amides is 1. The second kappa shape index (κ2) is 11.1. The van der Waals surface area contributed by atoms with Crippen molar-refractivity contribution in [2.75, 3.05) is 13.2 Å². The van der Waals surface area contributed by atoms with E-state index in [9.17, 15) is 19.3 Å². The number of aryl methyl sites for hydroxylation is 1. The summed E-state index contributed by atoms with van der Waals surface area (Å²) in [6.07, 6.45) is 0.285. The average molecular weight is 433 g/mol. The highest BCUT2D eigenvalue weighted by Gasteiger charge is 2.25. The summed E-state index contributed by atoms with van der Waals surface area (Å²) in [6, 6.07) is 12.9. The number of carbonyl (C=O) groups excluding carboxylic acids is 1. The van der Waals surface area contributed by atoms with Gasteiger partial charge in [-0.05, 0) is 44.0 Å². The van der Waals surface area contributed by atoms with Crippen LogP contribution in [-0.4, -0.2) is 36.2 Å². The first-order valence-corrected chi connectivity index (χ1v) is 11.6. The Hall–Kier alpha value is -2.47. The summed E-state index contributed by atoms with van der Waals surface area (Å²) >= 11 is 0. The molecule has 0 radical (unpaired) electrons. The summed E-state index contributed by atoms with van der Waals surface area (Å²) in [5, 5.41) is 12.0. The van der Waals surface area contributed by atoms with Crippen LogP contribution in [0.4, 0.5) is 0 Å². The molecule has 8 heteroatoms. The second-order valence-corrected chi connectivity index (χ2v) is 8.91. The number of nitrogens with one attached hydrogen (secondary N) is 1. The summed E-state index contributed by atoms with van der Waals surface area (Å²) in [7, 11) is -3.24. The maximum absolute atomic E-state index is 12.6. The molecule has 0 heterocycles. The molecule has 2 rings (SSSR count).